The maximum absolute atomic E-state index is 13.5. The third kappa shape index (κ3) is 1.95. The highest BCUT2D eigenvalue weighted by Crippen LogP contribution is 2.26. The summed E-state index contributed by atoms with van der Waals surface area (Å²) in [6, 6.07) is 13.8. The summed E-state index contributed by atoms with van der Waals surface area (Å²) < 4.78 is 20.9. The zero-order chi connectivity index (χ0) is 13.4. The predicted octanol–water partition coefficient (Wildman–Crippen LogP) is 4.69. The van der Waals surface area contributed by atoms with Gasteiger partial charge in [0.1, 0.15) is 5.82 Å². The summed E-state index contributed by atoms with van der Waals surface area (Å²) in [7, 11) is 0. The Kier molecular flexibility index (Phi) is 2.45. The van der Waals surface area contributed by atoms with Crippen LogP contribution >= 0.6 is 11.6 Å². The molecule has 0 radical (unpaired) electrons. The Balaban J connectivity index is 2.14. The molecule has 1 aromatic heterocycles. The fraction of sp³-hybridized carbons (Fsp3) is 0. The van der Waals surface area contributed by atoms with Crippen LogP contribution in [0.25, 0.3) is 22.0 Å². The molecule has 3 heteroatoms. The fourth-order valence-corrected chi connectivity index (χ4v) is 2.00. The van der Waals surface area contributed by atoms with Gasteiger partial charge in [0.05, 0.1) is 11.9 Å². The minimum Gasteiger partial charge on any atom is -0.256 e. The fourth-order valence-electron chi connectivity index (χ4n) is 1.88. The Morgan fingerprint density at radius 2 is 1.83 bits per heavy atom. The average molecular weight is 259 g/mol. The molecule has 2 aromatic carbocycles. The minimum absolute atomic E-state index is 0.116. The second kappa shape index (κ2) is 4.39. The van der Waals surface area contributed by atoms with Gasteiger partial charge in [-0.1, -0.05) is 29.8 Å². The summed E-state index contributed by atoms with van der Waals surface area (Å²) in [5, 5.41) is 1.04. The van der Waals surface area contributed by atoms with Crippen molar-refractivity contribution in [2.75, 3.05) is 0 Å². The van der Waals surface area contributed by atoms with Gasteiger partial charge in [-0.25, -0.2) is 4.39 Å². The number of nitrogens with zero attached hydrogens (tertiary/aromatic N) is 1. The second-order valence-electron chi connectivity index (χ2n) is 3.98. The van der Waals surface area contributed by atoms with Crippen LogP contribution in [-0.2, 0) is 0 Å². The van der Waals surface area contributed by atoms with E-state index in [1.165, 1.54) is 6.07 Å². The van der Waals surface area contributed by atoms with E-state index in [1.807, 2.05) is 24.3 Å². The molecule has 0 bridgehead atoms. The van der Waals surface area contributed by atoms with Crippen LogP contribution in [0, 0.1) is 5.82 Å². The molecule has 0 atom stereocenters. The van der Waals surface area contributed by atoms with Gasteiger partial charge in [0.25, 0.3) is 0 Å². The van der Waals surface area contributed by atoms with Crippen LogP contribution in [-0.4, -0.2) is 4.98 Å². The standard InChI is InChI=1S/C15H9ClFN/c16-13-5-3-11(9-14(13)17)10-4-6-15-12(8-10)2-1-7-18-15/h1-9H/i7D. The quantitative estimate of drug-likeness (QED) is 0.617. The van der Waals surface area contributed by atoms with Crippen LogP contribution in [0.15, 0.2) is 54.7 Å². The van der Waals surface area contributed by atoms with Gasteiger partial charge >= 0.3 is 0 Å². The van der Waals surface area contributed by atoms with Crippen molar-refractivity contribution in [3.8, 4) is 11.1 Å². The molecule has 3 rings (SSSR count). The first-order chi connectivity index (χ1) is 9.13. The van der Waals surface area contributed by atoms with Crippen LogP contribution in [0.3, 0.4) is 0 Å². The lowest BCUT2D eigenvalue weighted by atomic mass is 10.0. The summed E-state index contributed by atoms with van der Waals surface area (Å²) in [5.41, 5.74) is 2.41. The number of aromatic nitrogens is 1. The van der Waals surface area contributed by atoms with Crippen LogP contribution in [0.5, 0.6) is 0 Å². The molecule has 18 heavy (non-hydrogen) atoms. The maximum Gasteiger partial charge on any atom is 0.142 e. The van der Waals surface area contributed by atoms with Gasteiger partial charge < -0.3 is 0 Å². The van der Waals surface area contributed by atoms with Crippen LogP contribution in [0.1, 0.15) is 1.37 Å². The summed E-state index contributed by atoms with van der Waals surface area (Å²) in [4.78, 5) is 4.11. The van der Waals surface area contributed by atoms with E-state index < -0.39 is 5.82 Å². The molecule has 0 amide bonds. The molecule has 0 aliphatic carbocycles. The molecule has 0 aliphatic rings. The van der Waals surface area contributed by atoms with Crippen molar-refractivity contribution in [2.24, 2.45) is 0 Å². The largest absolute Gasteiger partial charge is 0.256 e. The molecule has 3 aromatic rings. The molecule has 0 unspecified atom stereocenters. The number of benzene rings is 2. The van der Waals surface area contributed by atoms with Crippen molar-refractivity contribution in [1.29, 1.82) is 0 Å². The number of hydrogen-bond donors (Lipinski definition) is 0. The van der Waals surface area contributed by atoms with Crippen molar-refractivity contribution in [3.05, 3.63) is 65.5 Å². The smallest absolute Gasteiger partial charge is 0.142 e. The summed E-state index contributed by atoms with van der Waals surface area (Å²) in [6.07, 6.45) is 0.234. The van der Waals surface area contributed by atoms with E-state index >= 15 is 0 Å². The second-order valence-corrected chi connectivity index (χ2v) is 4.38. The first-order valence-electron chi connectivity index (χ1n) is 5.96. The van der Waals surface area contributed by atoms with Crippen molar-refractivity contribution in [1.82, 2.24) is 4.98 Å². The predicted molar refractivity (Wildman–Crippen MR) is 72.1 cm³/mol. The Hall–Kier alpha value is -1.93. The number of rotatable bonds is 1. The topological polar surface area (TPSA) is 12.9 Å². The monoisotopic (exact) mass is 258 g/mol. The van der Waals surface area contributed by atoms with Gasteiger partial charge in [0, 0.05) is 11.6 Å². The van der Waals surface area contributed by atoms with Gasteiger partial charge in [-0.05, 0) is 41.5 Å². The molecular formula is C15H9ClFN. The van der Waals surface area contributed by atoms with Gasteiger partial charge in [0.2, 0.25) is 0 Å². The number of hydrogen-bond acceptors (Lipinski definition) is 1. The van der Waals surface area contributed by atoms with E-state index in [9.17, 15) is 4.39 Å². The third-order valence-electron chi connectivity index (χ3n) is 2.80. The number of fused-ring (bicyclic) bond motifs is 1. The minimum atomic E-state index is -0.432. The van der Waals surface area contributed by atoms with Gasteiger partial charge in [-0.2, -0.15) is 0 Å². The van der Waals surface area contributed by atoms with E-state index in [1.54, 1.807) is 18.2 Å². The maximum atomic E-state index is 13.5. The highest BCUT2D eigenvalue weighted by atomic mass is 35.5. The zero-order valence-electron chi connectivity index (χ0n) is 10.3. The Morgan fingerprint density at radius 3 is 2.67 bits per heavy atom. The van der Waals surface area contributed by atoms with Crippen molar-refractivity contribution in [2.45, 2.75) is 0 Å². The third-order valence-corrected chi connectivity index (χ3v) is 3.11. The number of pyridine rings is 1. The number of halogens is 2. The Morgan fingerprint density at radius 1 is 1.06 bits per heavy atom. The average Bonchev–Trinajstić information content (AvgIpc) is 2.41. The molecule has 1 nitrogen and oxygen atoms in total. The zero-order valence-corrected chi connectivity index (χ0v) is 10.1. The van der Waals surface area contributed by atoms with Gasteiger partial charge in [0.15, 0.2) is 0 Å². The van der Waals surface area contributed by atoms with Crippen LogP contribution < -0.4 is 0 Å². The highest BCUT2D eigenvalue weighted by molar-refractivity contribution is 6.30. The van der Waals surface area contributed by atoms with Crippen molar-refractivity contribution in [3.63, 3.8) is 0 Å². The van der Waals surface area contributed by atoms with E-state index in [-0.39, 0.29) is 11.2 Å². The van der Waals surface area contributed by atoms with E-state index in [0.29, 0.717) is 0 Å². The lowest BCUT2D eigenvalue weighted by Gasteiger charge is -2.04. The lowest BCUT2D eigenvalue weighted by Crippen LogP contribution is -1.83. The highest BCUT2D eigenvalue weighted by Gasteiger charge is 2.04. The van der Waals surface area contributed by atoms with Gasteiger partial charge in [-0.15, -0.1) is 0 Å². The van der Waals surface area contributed by atoms with Gasteiger partial charge in [-0.3, -0.25) is 4.98 Å². The molecular weight excluding hydrogens is 249 g/mol. The molecule has 1 heterocycles. The molecule has 0 saturated heterocycles. The van der Waals surface area contributed by atoms with E-state index in [4.69, 9.17) is 13.0 Å². The molecule has 0 fully saturated rings. The normalized spacial score (nSPS) is 11.6. The summed E-state index contributed by atoms with van der Waals surface area (Å²) in [5.74, 6) is -0.432. The lowest BCUT2D eigenvalue weighted by molar-refractivity contribution is 0.629. The molecule has 0 spiro atoms. The van der Waals surface area contributed by atoms with Crippen molar-refractivity contribution >= 4 is 22.5 Å². The van der Waals surface area contributed by atoms with E-state index in [2.05, 4.69) is 4.98 Å². The molecule has 88 valence electrons. The van der Waals surface area contributed by atoms with Crippen LogP contribution in [0.2, 0.25) is 5.02 Å². The van der Waals surface area contributed by atoms with Crippen molar-refractivity contribution < 1.29 is 5.76 Å². The summed E-state index contributed by atoms with van der Waals surface area (Å²) >= 11 is 5.67. The Labute approximate surface area is 110 Å². The molecule has 0 saturated carbocycles. The Bertz CT molecular complexity index is 773. The molecule has 0 N–H and O–H groups in total. The first-order valence-corrected chi connectivity index (χ1v) is 5.84. The summed E-state index contributed by atoms with van der Waals surface area (Å²) in [6.45, 7) is 0. The first kappa shape index (κ1) is 10.0. The van der Waals surface area contributed by atoms with Crippen LogP contribution in [0.4, 0.5) is 4.39 Å². The molecule has 0 aliphatic heterocycles. The van der Waals surface area contributed by atoms with E-state index in [0.717, 1.165) is 22.0 Å². The SMILES string of the molecule is [2H]c1ccc2cc(-c3ccc(Cl)c(F)c3)ccc2n1.